The lowest BCUT2D eigenvalue weighted by atomic mass is 9.44. The van der Waals surface area contributed by atoms with Gasteiger partial charge in [-0.25, -0.2) is 8.37 Å². The highest BCUT2D eigenvalue weighted by Gasteiger charge is 2.63. The van der Waals surface area contributed by atoms with Crippen molar-refractivity contribution in [1.82, 2.24) is 16.0 Å². The topological polar surface area (TPSA) is 258 Å². The summed E-state index contributed by atoms with van der Waals surface area (Å²) < 4.78 is 74.9. The Morgan fingerprint density at radius 2 is 1.01 bits per heavy atom. The van der Waals surface area contributed by atoms with Crippen LogP contribution in [-0.4, -0.2) is 80.4 Å². The molecule has 0 saturated heterocycles. The molecule has 8 saturated carbocycles. The van der Waals surface area contributed by atoms with Gasteiger partial charge in [0.05, 0.1) is 12.2 Å². The first kappa shape index (κ1) is 60.7. The van der Waals surface area contributed by atoms with E-state index >= 15 is 0 Å². The average Bonchev–Trinajstić information content (AvgIpc) is 3.91. The zero-order valence-corrected chi connectivity index (χ0v) is 49.5. The van der Waals surface area contributed by atoms with Crippen molar-refractivity contribution in [2.75, 3.05) is 6.54 Å². The number of amides is 4. The summed E-state index contributed by atoms with van der Waals surface area (Å²) >= 11 is 0. The molecule has 0 bridgehead atoms. The average molecular weight is 1120 g/mol. The monoisotopic (exact) mass is 1120 g/mol. The summed E-state index contributed by atoms with van der Waals surface area (Å²) in [5, 5.41) is 8.99. The highest BCUT2D eigenvalue weighted by atomic mass is 32.3. The quantitative estimate of drug-likeness (QED) is 0.0413. The van der Waals surface area contributed by atoms with Crippen LogP contribution < -0.4 is 21.7 Å². The van der Waals surface area contributed by atoms with Gasteiger partial charge < -0.3 is 21.7 Å². The molecule has 440 valence electrons. The Morgan fingerprint density at radius 1 is 0.558 bits per heavy atom. The third-order valence-corrected chi connectivity index (χ3v) is 25.1. The highest BCUT2D eigenvalue weighted by Crippen LogP contribution is 2.70. The zero-order chi connectivity index (χ0) is 55.9. The number of unbranched alkanes of at least 4 members (excludes halogenated alkanes) is 1. The van der Waals surface area contributed by atoms with Crippen LogP contribution in [0.3, 0.4) is 0 Å². The second-order valence-electron chi connectivity index (χ2n) is 27.9. The molecule has 0 radical (unpaired) electrons. The molecule has 77 heavy (non-hydrogen) atoms. The Labute approximate surface area is 462 Å². The van der Waals surface area contributed by atoms with Gasteiger partial charge >= 0.3 is 20.8 Å². The van der Waals surface area contributed by atoms with Gasteiger partial charge in [0.1, 0.15) is 12.1 Å². The van der Waals surface area contributed by atoms with E-state index in [1.165, 1.54) is 32.1 Å². The third kappa shape index (κ3) is 13.3. The highest BCUT2D eigenvalue weighted by molar-refractivity contribution is 7.81. The van der Waals surface area contributed by atoms with E-state index in [2.05, 4.69) is 57.5 Å². The smallest absolute Gasteiger partial charge is 0.368 e. The molecular formula is C59H100N4O12S2. The minimum atomic E-state index is -4.47. The van der Waals surface area contributed by atoms with Crippen molar-refractivity contribution in [3.8, 4) is 0 Å². The predicted octanol–water partition coefficient (Wildman–Crippen LogP) is 10.1. The van der Waals surface area contributed by atoms with Crippen LogP contribution in [0.5, 0.6) is 0 Å². The minimum Gasteiger partial charge on any atom is -0.368 e. The maximum Gasteiger partial charge on any atom is 0.397 e. The summed E-state index contributed by atoms with van der Waals surface area (Å²) in [4.78, 5) is 53.2. The van der Waals surface area contributed by atoms with Gasteiger partial charge in [0.2, 0.25) is 23.6 Å². The van der Waals surface area contributed by atoms with Crippen molar-refractivity contribution >= 4 is 44.4 Å². The first-order valence-corrected chi connectivity index (χ1v) is 33.4. The van der Waals surface area contributed by atoms with Gasteiger partial charge in [-0.2, -0.15) is 16.8 Å². The SMILES string of the molecule is CCCC(NC(=O)C(CCCCNC(=O)CCC(C)C1CCC2C3CCC4CC(OS(=O)(=O)O)CCC4(C)C3CCC12C)NC(=O)CCC(C)C1CCC2C3CCC4CC(OS(=O)(=O)O)CCC4(C)C3CCC12C)C(N)=O. The van der Waals surface area contributed by atoms with Gasteiger partial charge in [0, 0.05) is 19.4 Å². The first-order chi connectivity index (χ1) is 36.2. The first-order valence-electron chi connectivity index (χ1n) is 30.7. The molecule has 8 rings (SSSR count). The Hall–Kier alpha value is -2.38. The fourth-order valence-corrected chi connectivity index (χ4v) is 21.2. The van der Waals surface area contributed by atoms with Crippen LogP contribution in [0.15, 0.2) is 0 Å². The van der Waals surface area contributed by atoms with E-state index in [0.29, 0.717) is 155 Å². The Bertz CT molecular complexity index is 2340. The minimum absolute atomic E-state index is 0.0340. The lowest BCUT2D eigenvalue weighted by Crippen LogP contribution is -2.54. The summed E-state index contributed by atoms with van der Waals surface area (Å²) in [5.74, 6) is 5.17. The standard InChI is InChI=1S/C59H100N4O12S2/c1-8-11-50(54(60)66)63-55(67)51(62-53(65)24-14-37(3)45-20-22-47-43-18-16-39-35-41(75-77(71,72)73)26-30-57(39,5)49(43)28-32-59(45,47)7)12-9-10-33-61-52(64)23-13-36(2)44-19-21-46-42-17-15-38-34-40(74-76(68,69)70)25-29-56(38,4)48(42)27-31-58(44,46)6/h36-51H,8-35H2,1-7H3,(H2,60,66)(H,61,64)(H,62,65)(H,63,67)(H,68,69,70)(H,71,72,73). The van der Waals surface area contributed by atoms with Crippen LogP contribution in [-0.2, 0) is 48.3 Å². The van der Waals surface area contributed by atoms with Gasteiger partial charge in [0.15, 0.2) is 0 Å². The number of nitrogens with one attached hydrogen (secondary N) is 3. The fourth-order valence-electron chi connectivity index (χ4n) is 20.2. The maximum atomic E-state index is 13.8. The molecule has 7 N–H and O–H groups in total. The molecule has 8 fully saturated rings. The normalized spacial score (nSPS) is 40.2. The van der Waals surface area contributed by atoms with Gasteiger partial charge in [-0.15, -0.1) is 0 Å². The molecule has 20 atom stereocenters. The second-order valence-corrected chi connectivity index (χ2v) is 30.0. The lowest BCUT2D eigenvalue weighted by Gasteiger charge is -2.61. The molecule has 0 aromatic carbocycles. The van der Waals surface area contributed by atoms with E-state index in [4.69, 9.17) is 14.1 Å². The molecule has 0 spiro atoms. The predicted molar refractivity (Wildman–Crippen MR) is 295 cm³/mol. The Morgan fingerprint density at radius 3 is 1.47 bits per heavy atom. The fraction of sp³-hybridized carbons (Fsp3) is 0.932. The summed E-state index contributed by atoms with van der Waals surface area (Å²) in [5.41, 5.74) is 6.40. The van der Waals surface area contributed by atoms with Crippen molar-refractivity contribution in [1.29, 1.82) is 0 Å². The van der Waals surface area contributed by atoms with Crippen molar-refractivity contribution in [3.63, 3.8) is 0 Å². The molecule has 0 aromatic heterocycles. The summed E-state index contributed by atoms with van der Waals surface area (Å²) in [6.45, 7) is 16.9. The maximum absolute atomic E-state index is 13.8. The summed E-state index contributed by atoms with van der Waals surface area (Å²) in [7, 11) is -8.93. The Balaban J connectivity index is 0.777. The van der Waals surface area contributed by atoms with E-state index in [0.717, 1.165) is 64.2 Å². The molecule has 8 aliphatic rings. The molecule has 0 aromatic rings. The van der Waals surface area contributed by atoms with E-state index in [-0.39, 0.29) is 33.5 Å². The second kappa shape index (κ2) is 24.2. The van der Waals surface area contributed by atoms with Crippen LogP contribution in [0, 0.1) is 92.7 Å². The molecule has 8 aliphatic carbocycles. The number of carbonyl (C=O) groups excluding carboxylic acids is 4. The molecule has 16 nitrogen and oxygen atoms in total. The number of primary amides is 1. The van der Waals surface area contributed by atoms with Gasteiger partial charge in [-0.1, -0.05) is 54.9 Å². The molecule has 0 aliphatic heterocycles. The largest absolute Gasteiger partial charge is 0.397 e. The van der Waals surface area contributed by atoms with Crippen LogP contribution in [0.1, 0.15) is 222 Å². The number of carbonyl (C=O) groups is 4. The van der Waals surface area contributed by atoms with Crippen LogP contribution >= 0.6 is 0 Å². The number of rotatable bonds is 23. The number of hydrogen-bond donors (Lipinski definition) is 6. The number of hydrogen-bond acceptors (Lipinski definition) is 10. The van der Waals surface area contributed by atoms with Crippen molar-refractivity contribution in [2.45, 2.75) is 246 Å². The van der Waals surface area contributed by atoms with Gasteiger partial charge in [-0.3, -0.25) is 28.3 Å². The zero-order valence-electron chi connectivity index (χ0n) is 47.9. The molecule has 20 unspecified atom stereocenters. The third-order valence-electron chi connectivity index (χ3n) is 24.1. The Kier molecular flexibility index (Phi) is 19.1. The van der Waals surface area contributed by atoms with Gasteiger partial charge in [-0.05, 0) is 247 Å². The number of nitrogens with two attached hydrogens (primary N) is 1. The van der Waals surface area contributed by atoms with E-state index in [1.54, 1.807) is 0 Å². The molecule has 4 amide bonds. The molecule has 18 heteroatoms. The van der Waals surface area contributed by atoms with E-state index in [1.807, 2.05) is 6.92 Å². The van der Waals surface area contributed by atoms with Crippen molar-refractivity contribution in [3.05, 3.63) is 0 Å². The van der Waals surface area contributed by atoms with Crippen molar-refractivity contribution < 1.29 is 53.5 Å². The molecular weight excluding hydrogens is 1020 g/mol. The van der Waals surface area contributed by atoms with Crippen LogP contribution in [0.2, 0.25) is 0 Å². The number of fused-ring (bicyclic) bond motifs is 10. The molecule has 0 heterocycles. The summed E-state index contributed by atoms with van der Waals surface area (Å²) in [6.07, 6.45) is 22.4. The van der Waals surface area contributed by atoms with E-state index < -0.39 is 56.9 Å². The lowest BCUT2D eigenvalue weighted by molar-refractivity contribution is -0.132. The van der Waals surface area contributed by atoms with E-state index in [9.17, 15) is 45.1 Å². The van der Waals surface area contributed by atoms with Crippen LogP contribution in [0.4, 0.5) is 0 Å². The van der Waals surface area contributed by atoms with Crippen LogP contribution in [0.25, 0.3) is 0 Å². The van der Waals surface area contributed by atoms with Gasteiger partial charge in [0.25, 0.3) is 0 Å². The summed E-state index contributed by atoms with van der Waals surface area (Å²) in [6, 6.07) is -1.66. The van der Waals surface area contributed by atoms with Crippen molar-refractivity contribution in [2.24, 2.45) is 98.4 Å².